The van der Waals surface area contributed by atoms with E-state index in [9.17, 15) is 19.6 Å². The number of hydrogen-bond donors (Lipinski definition) is 3. The molecule has 7 heteroatoms. The first-order valence-electron chi connectivity index (χ1n) is 7.45. The second-order valence-corrected chi connectivity index (χ2v) is 6.98. The Kier molecular flexibility index (Phi) is 8.08. The fourth-order valence-electron chi connectivity index (χ4n) is 2.18. The van der Waals surface area contributed by atoms with E-state index in [1.807, 2.05) is 34.6 Å². The summed E-state index contributed by atoms with van der Waals surface area (Å²) >= 11 is 0. The van der Waals surface area contributed by atoms with Crippen molar-refractivity contribution in [3.05, 3.63) is 0 Å². The third-order valence-corrected chi connectivity index (χ3v) is 3.32. The van der Waals surface area contributed by atoms with Gasteiger partial charge in [0, 0.05) is 7.05 Å². The van der Waals surface area contributed by atoms with E-state index in [0.717, 1.165) is 0 Å². The van der Waals surface area contributed by atoms with Gasteiger partial charge in [0.15, 0.2) is 0 Å². The molecule has 7 nitrogen and oxygen atoms in total. The second-order valence-electron chi connectivity index (χ2n) is 6.98. The van der Waals surface area contributed by atoms with Crippen LogP contribution in [-0.4, -0.2) is 48.1 Å². The van der Waals surface area contributed by atoms with Crippen molar-refractivity contribution in [2.45, 2.75) is 47.1 Å². The van der Waals surface area contributed by atoms with E-state index >= 15 is 0 Å². The number of carbonyl (C=O) groups excluding carboxylic acids is 3. The molecule has 0 aliphatic heterocycles. The SMILES string of the molecule is CNC(=O)C(NC(=O)C(CC(C)C)CN(O)C=O)C(C)(C)C. The van der Waals surface area contributed by atoms with Gasteiger partial charge in [0.05, 0.1) is 12.5 Å². The van der Waals surface area contributed by atoms with Crippen LogP contribution >= 0.6 is 0 Å². The van der Waals surface area contributed by atoms with E-state index in [-0.39, 0.29) is 30.7 Å². The molecular formula is C15H29N3O4. The molecule has 0 heterocycles. The molecule has 0 spiro atoms. The molecule has 128 valence electrons. The van der Waals surface area contributed by atoms with Crippen LogP contribution in [0.1, 0.15) is 41.0 Å². The molecule has 2 unspecified atom stereocenters. The molecule has 3 amide bonds. The summed E-state index contributed by atoms with van der Waals surface area (Å²) in [7, 11) is 1.51. The normalized spacial score (nSPS) is 14.2. The van der Waals surface area contributed by atoms with Crippen molar-refractivity contribution >= 4 is 18.2 Å². The number of hydrogen-bond acceptors (Lipinski definition) is 4. The largest absolute Gasteiger partial charge is 0.357 e. The Hall–Kier alpha value is -1.63. The minimum absolute atomic E-state index is 0.0991. The van der Waals surface area contributed by atoms with Gasteiger partial charge in [0.1, 0.15) is 6.04 Å². The number of carbonyl (C=O) groups is 3. The number of nitrogens with zero attached hydrogens (tertiary/aromatic N) is 1. The van der Waals surface area contributed by atoms with Crippen molar-refractivity contribution in [3.63, 3.8) is 0 Å². The highest BCUT2D eigenvalue weighted by Crippen LogP contribution is 2.21. The fourth-order valence-corrected chi connectivity index (χ4v) is 2.18. The third kappa shape index (κ3) is 6.89. The van der Waals surface area contributed by atoms with Crippen LogP contribution in [0.3, 0.4) is 0 Å². The van der Waals surface area contributed by atoms with Crippen LogP contribution in [-0.2, 0) is 14.4 Å². The quantitative estimate of drug-likeness (QED) is 0.350. The molecule has 0 fully saturated rings. The van der Waals surface area contributed by atoms with Gasteiger partial charge in [-0.2, -0.15) is 0 Å². The molecule has 0 rings (SSSR count). The van der Waals surface area contributed by atoms with Gasteiger partial charge in [0.2, 0.25) is 18.2 Å². The van der Waals surface area contributed by atoms with Crippen LogP contribution < -0.4 is 10.6 Å². The van der Waals surface area contributed by atoms with Crippen molar-refractivity contribution in [2.24, 2.45) is 17.3 Å². The van der Waals surface area contributed by atoms with E-state index in [2.05, 4.69) is 10.6 Å². The lowest BCUT2D eigenvalue weighted by Crippen LogP contribution is -2.55. The summed E-state index contributed by atoms with van der Waals surface area (Å²) in [6.45, 7) is 9.36. The molecule has 2 atom stereocenters. The zero-order chi connectivity index (χ0) is 17.5. The molecule has 0 saturated heterocycles. The van der Waals surface area contributed by atoms with Gasteiger partial charge in [-0.15, -0.1) is 0 Å². The average molecular weight is 315 g/mol. The standard InChI is InChI=1S/C15H29N3O4/c1-10(2)7-11(8-18(22)9-19)13(20)17-12(14(21)16-6)15(3,4)5/h9-12,22H,7-8H2,1-6H3,(H,16,21)(H,17,20). The zero-order valence-electron chi connectivity index (χ0n) is 14.3. The summed E-state index contributed by atoms with van der Waals surface area (Å²) in [6.07, 6.45) is 0.766. The number of rotatable bonds is 8. The van der Waals surface area contributed by atoms with Crippen molar-refractivity contribution < 1.29 is 19.6 Å². The Morgan fingerprint density at radius 3 is 2.14 bits per heavy atom. The molecule has 0 saturated carbocycles. The zero-order valence-corrected chi connectivity index (χ0v) is 14.3. The maximum Gasteiger partial charge on any atom is 0.242 e. The smallest absolute Gasteiger partial charge is 0.242 e. The van der Waals surface area contributed by atoms with Crippen LogP contribution in [0.25, 0.3) is 0 Å². The van der Waals surface area contributed by atoms with Crippen LogP contribution in [0.2, 0.25) is 0 Å². The highest BCUT2D eigenvalue weighted by molar-refractivity contribution is 5.89. The molecule has 0 aromatic carbocycles. The molecule has 0 bridgehead atoms. The number of likely N-dealkylation sites (N-methyl/N-ethyl adjacent to an activating group) is 1. The Labute approximate surface area is 132 Å². The number of hydroxylamine groups is 2. The van der Waals surface area contributed by atoms with E-state index < -0.39 is 17.4 Å². The topological polar surface area (TPSA) is 98.7 Å². The van der Waals surface area contributed by atoms with E-state index in [1.165, 1.54) is 7.05 Å². The summed E-state index contributed by atoms with van der Waals surface area (Å²) in [6, 6.07) is -0.692. The van der Waals surface area contributed by atoms with Crippen molar-refractivity contribution in [1.29, 1.82) is 0 Å². The monoisotopic (exact) mass is 315 g/mol. The van der Waals surface area contributed by atoms with Crippen LogP contribution in [0.15, 0.2) is 0 Å². The van der Waals surface area contributed by atoms with E-state index in [4.69, 9.17) is 0 Å². The first kappa shape index (κ1) is 20.4. The molecule has 0 aromatic heterocycles. The van der Waals surface area contributed by atoms with Crippen LogP contribution in [0, 0.1) is 17.3 Å². The summed E-state index contributed by atoms with van der Waals surface area (Å²) in [4.78, 5) is 35.0. The van der Waals surface area contributed by atoms with Crippen molar-refractivity contribution in [3.8, 4) is 0 Å². The van der Waals surface area contributed by atoms with Gasteiger partial charge in [-0.25, -0.2) is 5.06 Å². The molecule has 22 heavy (non-hydrogen) atoms. The van der Waals surface area contributed by atoms with Gasteiger partial charge in [-0.05, 0) is 17.8 Å². The summed E-state index contributed by atoms with van der Waals surface area (Å²) in [5.74, 6) is -0.993. The van der Waals surface area contributed by atoms with E-state index in [0.29, 0.717) is 11.5 Å². The Bertz CT molecular complexity index is 391. The lowest BCUT2D eigenvalue weighted by atomic mass is 9.85. The second kappa shape index (κ2) is 8.73. The van der Waals surface area contributed by atoms with Gasteiger partial charge < -0.3 is 10.6 Å². The molecule has 0 aromatic rings. The Morgan fingerprint density at radius 1 is 1.23 bits per heavy atom. The lowest BCUT2D eigenvalue weighted by Gasteiger charge is -2.32. The highest BCUT2D eigenvalue weighted by atomic mass is 16.5. The molecule has 0 radical (unpaired) electrons. The molecule has 3 N–H and O–H groups in total. The fraction of sp³-hybridized carbons (Fsp3) is 0.800. The third-order valence-electron chi connectivity index (χ3n) is 3.32. The van der Waals surface area contributed by atoms with Crippen molar-refractivity contribution in [1.82, 2.24) is 15.7 Å². The number of amides is 3. The minimum Gasteiger partial charge on any atom is -0.357 e. The molecular weight excluding hydrogens is 286 g/mol. The predicted octanol–water partition coefficient (Wildman–Crippen LogP) is 0.773. The first-order chi connectivity index (χ1) is 10.0. The number of nitrogens with one attached hydrogen (secondary N) is 2. The van der Waals surface area contributed by atoms with Gasteiger partial charge >= 0.3 is 0 Å². The maximum atomic E-state index is 12.5. The van der Waals surface area contributed by atoms with Gasteiger partial charge in [-0.3, -0.25) is 19.6 Å². The summed E-state index contributed by atoms with van der Waals surface area (Å²) < 4.78 is 0. The minimum atomic E-state index is -0.692. The lowest BCUT2D eigenvalue weighted by molar-refractivity contribution is -0.155. The van der Waals surface area contributed by atoms with Crippen LogP contribution in [0.4, 0.5) is 0 Å². The average Bonchev–Trinajstić information content (AvgIpc) is 2.40. The van der Waals surface area contributed by atoms with Gasteiger partial charge in [-0.1, -0.05) is 34.6 Å². The van der Waals surface area contributed by atoms with Crippen LogP contribution in [0.5, 0.6) is 0 Å². The maximum absolute atomic E-state index is 12.5. The predicted molar refractivity (Wildman–Crippen MR) is 83.0 cm³/mol. The summed E-state index contributed by atoms with van der Waals surface area (Å²) in [5.41, 5.74) is -0.457. The Balaban J connectivity index is 5.11. The van der Waals surface area contributed by atoms with Gasteiger partial charge in [0.25, 0.3) is 0 Å². The summed E-state index contributed by atoms with van der Waals surface area (Å²) in [5, 5.41) is 15.1. The highest BCUT2D eigenvalue weighted by Gasteiger charge is 2.34. The molecule has 0 aliphatic carbocycles. The Morgan fingerprint density at radius 2 is 1.77 bits per heavy atom. The molecule has 0 aliphatic rings. The van der Waals surface area contributed by atoms with E-state index in [1.54, 1.807) is 0 Å². The first-order valence-corrected chi connectivity index (χ1v) is 7.45. The van der Waals surface area contributed by atoms with Crippen molar-refractivity contribution in [2.75, 3.05) is 13.6 Å².